The number of benzene rings is 2. The molecule has 1 amide bonds. The molecule has 1 fully saturated rings. The molecule has 0 bridgehead atoms. The molecule has 3 nitrogen and oxygen atoms in total. The number of carbonyl (C=O) groups excluding carboxylic acids is 2. The van der Waals surface area contributed by atoms with Crippen molar-refractivity contribution in [3.05, 3.63) is 71.5 Å². The zero-order valence-corrected chi connectivity index (χ0v) is 14.9. The zero-order valence-electron chi connectivity index (χ0n) is 14.9. The average molecular weight is 353 g/mol. The third-order valence-corrected chi connectivity index (χ3v) is 5.07. The first-order valence-electron chi connectivity index (χ1n) is 9.22. The van der Waals surface area contributed by atoms with E-state index in [-0.39, 0.29) is 30.3 Å². The van der Waals surface area contributed by atoms with Gasteiger partial charge in [0.25, 0.3) is 0 Å². The first-order chi connectivity index (χ1) is 12.6. The van der Waals surface area contributed by atoms with Gasteiger partial charge in [-0.1, -0.05) is 30.3 Å². The predicted octanol–water partition coefficient (Wildman–Crippen LogP) is 4.27. The first kappa shape index (κ1) is 18.3. The van der Waals surface area contributed by atoms with E-state index in [4.69, 9.17) is 0 Å². The maximum Gasteiger partial charge on any atom is 0.223 e. The fraction of sp³-hybridized carbons (Fsp3) is 0.364. The van der Waals surface area contributed by atoms with E-state index in [1.807, 2.05) is 11.0 Å². The van der Waals surface area contributed by atoms with E-state index in [0.717, 1.165) is 32.4 Å². The monoisotopic (exact) mass is 353 g/mol. The summed E-state index contributed by atoms with van der Waals surface area (Å²) in [6, 6.07) is 15.9. The summed E-state index contributed by atoms with van der Waals surface area (Å²) in [6.45, 7) is 1.53. The number of halogens is 1. The van der Waals surface area contributed by atoms with Crippen LogP contribution in [0.25, 0.3) is 0 Å². The van der Waals surface area contributed by atoms with Gasteiger partial charge in [-0.3, -0.25) is 9.59 Å². The van der Waals surface area contributed by atoms with Crippen LogP contribution in [0.1, 0.15) is 41.6 Å². The van der Waals surface area contributed by atoms with Crippen LogP contribution in [0.3, 0.4) is 0 Å². The van der Waals surface area contributed by atoms with E-state index in [1.165, 1.54) is 29.8 Å². The molecule has 0 radical (unpaired) electrons. The molecule has 0 aliphatic carbocycles. The number of ketones is 1. The molecule has 1 heterocycles. The SMILES string of the molecule is O=C(CCC(=O)N1CCC(Cc2ccccc2)CC1)c1ccc(F)cc1. The third-order valence-electron chi connectivity index (χ3n) is 5.07. The second kappa shape index (κ2) is 8.75. The number of hydrogen-bond donors (Lipinski definition) is 0. The second-order valence-corrected chi connectivity index (χ2v) is 6.94. The van der Waals surface area contributed by atoms with Gasteiger partial charge in [0.2, 0.25) is 5.91 Å². The lowest BCUT2D eigenvalue weighted by Crippen LogP contribution is -2.39. The number of likely N-dealkylation sites (tertiary alicyclic amines) is 1. The molecule has 0 aromatic heterocycles. The molecular formula is C22H24FNO2. The molecular weight excluding hydrogens is 329 g/mol. The van der Waals surface area contributed by atoms with E-state index in [1.54, 1.807) is 0 Å². The maximum atomic E-state index is 12.9. The first-order valence-corrected chi connectivity index (χ1v) is 9.22. The van der Waals surface area contributed by atoms with Gasteiger partial charge >= 0.3 is 0 Å². The minimum atomic E-state index is -0.365. The Morgan fingerprint density at radius 3 is 2.23 bits per heavy atom. The molecule has 3 rings (SSSR count). The number of carbonyl (C=O) groups is 2. The highest BCUT2D eigenvalue weighted by molar-refractivity contribution is 5.97. The molecule has 0 saturated carbocycles. The molecule has 1 aliphatic rings. The van der Waals surface area contributed by atoms with Crippen molar-refractivity contribution in [1.29, 1.82) is 0 Å². The van der Waals surface area contributed by atoms with Gasteiger partial charge in [0.1, 0.15) is 5.82 Å². The lowest BCUT2D eigenvalue weighted by molar-refractivity contribution is -0.132. The summed E-state index contributed by atoms with van der Waals surface area (Å²) in [4.78, 5) is 26.3. The van der Waals surface area contributed by atoms with Gasteiger partial charge in [0.15, 0.2) is 5.78 Å². The minimum Gasteiger partial charge on any atom is -0.343 e. The topological polar surface area (TPSA) is 37.4 Å². The Morgan fingerprint density at radius 1 is 0.923 bits per heavy atom. The van der Waals surface area contributed by atoms with Crippen LogP contribution in [0, 0.1) is 11.7 Å². The van der Waals surface area contributed by atoms with Crippen molar-refractivity contribution in [1.82, 2.24) is 4.90 Å². The highest BCUT2D eigenvalue weighted by atomic mass is 19.1. The number of rotatable bonds is 6. The van der Waals surface area contributed by atoms with Crippen LogP contribution < -0.4 is 0 Å². The molecule has 0 N–H and O–H groups in total. The Hall–Kier alpha value is -2.49. The highest BCUT2D eigenvalue weighted by Gasteiger charge is 2.23. The molecule has 0 spiro atoms. The quantitative estimate of drug-likeness (QED) is 0.727. The summed E-state index contributed by atoms with van der Waals surface area (Å²) in [6.07, 6.45) is 3.47. The van der Waals surface area contributed by atoms with Crippen molar-refractivity contribution in [3.8, 4) is 0 Å². The Bertz CT molecular complexity index is 734. The zero-order chi connectivity index (χ0) is 18.4. The van der Waals surface area contributed by atoms with Gasteiger partial charge in [0.05, 0.1) is 0 Å². The van der Waals surface area contributed by atoms with E-state index in [0.29, 0.717) is 11.5 Å². The maximum absolute atomic E-state index is 12.9. The van der Waals surface area contributed by atoms with Crippen molar-refractivity contribution in [3.63, 3.8) is 0 Å². The lowest BCUT2D eigenvalue weighted by atomic mass is 9.90. The van der Waals surface area contributed by atoms with Crippen LogP contribution in [0.4, 0.5) is 4.39 Å². The standard InChI is InChI=1S/C22H24FNO2/c23-20-8-6-19(7-9-20)21(25)10-11-22(26)24-14-12-18(13-15-24)16-17-4-2-1-3-5-17/h1-9,18H,10-16H2. The Kier molecular flexibility index (Phi) is 6.16. The van der Waals surface area contributed by atoms with Crippen molar-refractivity contribution in [2.45, 2.75) is 32.1 Å². The van der Waals surface area contributed by atoms with E-state index in [9.17, 15) is 14.0 Å². The smallest absolute Gasteiger partial charge is 0.223 e. The largest absolute Gasteiger partial charge is 0.343 e. The van der Waals surface area contributed by atoms with Crippen LogP contribution in [0.5, 0.6) is 0 Å². The number of hydrogen-bond acceptors (Lipinski definition) is 2. The second-order valence-electron chi connectivity index (χ2n) is 6.94. The van der Waals surface area contributed by atoms with Gasteiger partial charge in [0, 0.05) is 31.5 Å². The molecule has 1 saturated heterocycles. The molecule has 2 aromatic carbocycles. The van der Waals surface area contributed by atoms with E-state index >= 15 is 0 Å². The fourth-order valence-electron chi connectivity index (χ4n) is 3.49. The number of Topliss-reactive ketones (excluding diaryl/α,β-unsaturated/α-hetero) is 1. The van der Waals surface area contributed by atoms with Crippen LogP contribution >= 0.6 is 0 Å². The Labute approximate surface area is 153 Å². The van der Waals surface area contributed by atoms with Gasteiger partial charge in [-0.25, -0.2) is 4.39 Å². The highest BCUT2D eigenvalue weighted by Crippen LogP contribution is 2.22. The Morgan fingerprint density at radius 2 is 1.58 bits per heavy atom. The molecule has 0 unspecified atom stereocenters. The summed E-state index contributed by atoms with van der Waals surface area (Å²) in [7, 11) is 0. The summed E-state index contributed by atoms with van der Waals surface area (Å²) in [5.74, 6) is 0.175. The lowest BCUT2D eigenvalue weighted by Gasteiger charge is -2.32. The number of piperidine rings is 1. The predicted molar refractivity (Wildman–Crippen MR) is 99.4 cm³/mol. The van der Waals surface area contributed by atoms with Crippen LogP contribution in [0.15, 0.2) is 54.6 Å². The van der Waals surface area contributed by atoms with Gasteiger partial charge in [-0.2, -0.15) is 0 Å². The van der Waals surface area contributed by atoms with Crippen molar-refractivity contribution >= 4 is 11.7 Å². The normalized spacial score (nSPS) is 15.0. The minimum absolute atomic E-state index is 0.0404. The summed E-state index contributed by atoms with van der Waals surface area (Å²) < 4.78 is 12.9. The molecule has 2 aromatic rings. The van der Waals surface area contributed by atoms with Crippen molar-refractivity contribution in [2.24, 2.45) is 5.92 Å². The molecule has 0 atom stereocenters. The van der Waals surface area contributed by atoms with Crippen LogP contribution in [0.2, 0.25) is 0 Å². The van der Waals surface area contributed by atoms with Gasteiger partial charge in [-0.05, 0) is 55.0 Å². The van der Waals surface area contributed by atoms with Gasteiger partial charge in [-0.15, -0.1) is 0 Å². The van der Waals surface area contributed by atoms with Crippen molar-refractivity contribution in [2.75, 3.05) is 13.1 Å². The fourth-order valence-corrected chi connectivity index (χ4v) is 3.49. The summed E-state index contributed by atoms with van der Waals surface area (Å²) in [5, 5.41) is 0. The molecule has 136 valence electrons. The third kappa shape index (κ3) is 5.01. The van der Waals surface area contributed by atoms with Crippen LogP contribution in [-0.2, 0) is 11.2 Å². The average Bonchev–Trinajstić information content (AvgIpc) is 2.68. The molecule has 4 heteroatoms. The van der Waals surface area contributed by atoms with Gasteiger partial charge < -0.3 is 4.90 Å². The number of nitrogens with zero attached hydrogens (tertiary/aromatic N) is 1. The van der Waals surface area contributed by atoms with Crippen molar-refractivity contribution < 1.29 is 14.0 Å². The number of amides is 1. The summed E-state index contributed by atoms with van der Waals surface area (Å²) in [5.41, 5.74) is 1.81. The molecule has 1 aliphatic heterocycles. The van der Waals surface area contributed by atoms with Crippen LogP contribution in [-0.4, -0.2) is 29.7 Å². The Balaban J connectivity index is 1.42. The summed E-state index contributed by atoms with van der Waals surface area (Å²) >= 11 is 0. The van der Waals surface area contributed by atoms with E-state index in [2.05, 4.69) is 24.3 Å². The van der Waals surface area contributed by atoms with E-state index < -0.39 is 0 Å². The molecule has 26 heavy (non-hydrogen) atoms.